The Hall–Kier alpha value is -3.27. The maximum absolute atomic E-state index is 11.7. The lowest BCUT2D eigenvalue weighted by Gasteiger charge is -2.14. The van der Waals surface area contributed by atoms with Gasteiger partial charge in [0.2, 0.25) is 5.91 Å². The van der Waals surface area contributed by atoms with Crippen LogP contribution in [0.15, 0.2) is 36.4 Å². The van der Waals surface area contributed by atoms with Gasteiger partial charge in [0.05, 0.1) is 139 Å². The zero-order valence-corrected chi connectivity index (χ0v) is 31.3. The third kappa shape index (κ3) is 32.2. The smallest absolute Gasteiger partial charge is 0.328 e. The van der Waals surface area contributed by atoms with Crippen LogP contribution in [0.1, 0.15) is 5.56 Å². The molecular weight excluding hydrogens is 718 g/mol. The van der Waals surface area contributed by atoms with E-state index in [9.17, 15) is 19.5 Å². The number of aliphatic carboxylic acids is 2. The Bertz CT molecular complexity index is 1080. The van der Waals surface area contributed by atoms with Gasteiger partial charge in [-0.25, -0.2) is 9.59 Å². The fourth-order valence-corrected chi connectivity index (χ4v) is 3.97. The zero-order valence-electron chi connectivity index (χ0n) is 31.3. The SMILES string of the molecule is COCCOCCOCCOCCOCCOCCOCCOCCOCCOCCOCCOc1ccc(CC(NC(=O)/C=C/C(=O)O)C(=O)O)cc1. The number of amides is 1. The van der Waals surface area contributed by atoms with E-state index < -0.39 is 23.9 Å². The molecule has 0 saturated carbocycles. The Balaban J connectivity index is 1.81. The van der Waals surface area contributed by atoms with Crippen molar-refractivity contribution in [2.24, 2.45) is 0 Å². The van der Waals surface area contributed by atoms with Gasteiger partial charge < -0.3 is 72.4 Å². The van der Waals surface area contributed by atoms with E-state index in [1.165, 1.54) is 0 Å². The molecule has 0 radical (unpaired) electrons. The van der Waals surface area contributed by atoms with Crippen molar-refractivity contribution in [1.82, 2.24) is 5.32 Å². The minimum atomic E-state index is -1.31. The largest absolute Gasteiger partial charge is 0.491 e. The first-order valence-electron chi connectivity index (χ1n) is 17.8. The van der Waals surface area contributed by atoms with Gasteiger partial charge in [-0.2, -0.15) is 0 Å². The number of carboxylic acid groups (broad SMARTS) is 2. The van der Waals surface area contributed by atoms with Crippen molar-refractivity contribution in [3.63, 3.8) is 0 Å². The summed E-state index contributed by atoms with van der Waals surface area (Å²) in [4.78, 5) is 33.7. The average Bonchev–Trinajstić information content (AvgIpc) is 3.16. The van der Waals surface area contributed by atoms with Crippen molar-refractivity contribution >= 4 is 17.8 Å². The summed E-state index contributed by atoms with van der Waals surface area (Å²) in [6.07, 6.45) is 1.41. The van der Waals surface area contributed by atoms with Crippen molar-refractivity contribution in [3.05, 3.63) is 42.0 Å². The van der Waals surface area contributed by atoms with E-state index in [1.807, 2.05) is 0 Å². The van der Waals surface area contributed by atoms with Gasteiger partial charge in [0.15, 0.2) is 0 Å². The van der Waals surface area contributed by atoms with E-state index in [-0.39, 0.29) is 6.42 Å². The molecular formula is C36H59NO17. The molecule has 1 aromatic carbocycles. The molecule has 0 bridgehead atoms. The molecule has 0 spiro atoms. The number of carbonyl (C=O) groups is 3. The first-order chi connectivity index (χ1) is 26.4. The van der Waals surface area contributed by atoms with Crippen LogP contribution in [0.4, 0.5) is 0 Å². The van der Waals surface area contributed by atoms with Gasteiger partial charge in [-0.15, -0.1) is 0 Å². The topological polar surface area (TPSA) is 214 Å². The first kappa shape index (κ1) is 48.7. The van der Waals surface area contributed by atoms with Crippen molar-refractivity contribution in [2.75, 3.05) is 152 Å². The monoisotopic (exact) mass is 777 g/mol. The molecule has 0 heterocycles. The summed E-state index contributed by atoms with van der Waals surface area (Å²) in [7, 11) is 1.64. The van der Waals surface area contributed by atoms with E-state index in [0.717, 1.165) is 6.08 Å². The molecule has 1 unspecified atom stereocenters. The predicted molar refractivity (Wildman–Crippen MR) is 192 cm³/mol. The van der Waals surface area contributed by atoms with Crippen LogP contribution in [0.2, 0.25) is 0 Å². The first-order valence-corrected chi connectivity index (χ1v) is 17.8. The summed E-state index contributed by atoms with van der Waals surface area (Å²) in [6, 6.07) is 5.52. The average molecular weight is 778 g/mol. The summed E-state index contributed by atoms with van der Waals surface area (Å²) in [6.45, 7) is 10.4. The van der Waals surface area contributed by atoms with Crippen LogP contribution in [0.25, 0.3) is 0 Å². The van der Waals surface area contributed by atoms with Gasteiger partial charge in [0.1, 0.15) is 18.4 Å². The standard InChI is InChI=1S/C36H59NO17/c1-43-8-9-44-10-11-45-12-13-46-14-15-47-16-17-48-18-19-49-20-21-50-22-23-51-24-25-52-26-27-53-28-29-54-32-4-2-31(3-5-32)30-33(36(41)42)37-34(38)6-7-35(39)40/h2-7,33H,8-30H2,1H3,(H,37,38)(H,39,40)(H,41,42)/b7-6+. The molecule has 54 heavy (non-hydrogen) atoms. The lowest BCUT2D eigenvalue weighted by molar-refractivity contribution is -0.141. The molecule has 1 rings (SSSR count). The molecule has 1 amide bonds. The third-order valence-electron chi connectivity index (χ3n) is 6.63. The second-order valence-electron chi connectivity index (χ2n) is 10.9. The van der Waals surface area contributed by atoms with Crippen LogP contribution in [-0.2, 0) is 72.9 Å². The number of carboxylic acids is 2. The Morgan fingerprint density at radius 1 is 0.519 bits per heavy atom. The minimum absolute atomic E-state index is 0.0140. The quantitative estimate of drug-likeness (QED) is 0.0616. The number of ether oxygens (including phenoxy) is 12. The van der Waals surface area contributed by atoms with Crippen LogP contribution in [0, 0.1) is 0 Å². The highest BCUT2D eigenvalue weighted by molar-refractivity contribution is 5.95. The number of hydrogen-bond donors (Lipinski definition) is 3. The summed E-state index contributed by atoms with van der Waals surface area (Å²) in [5.41, 5.74) is 0.651. The summed E-state index contributed by atoms with van der Waals surface area (Å²) < 4.78 is 64.9. The fourth-order valence-electron chi connectivity index (χ4n) is 3.97. The molecule has 18 nitrogen and oxygen atoms in total. The molecule has 1 aromatic rings. The van der Waals surface area contributed by atoms with Gasteiger partial charge in [-0.3, -0.25) is 4.79 Å². The van der Waals surface area contributed by atoms with Crippen LogP contribution in [0.5, 0.6) is 5.75 Å². The van der Waals surface area contributed by atoms with E-state index in [1.54, 1.807) is 31.4 Å². The van der Waals surface area contributed by atoms with Crippen LogP contribution in [0.3, 0.4) is 0 Å². The summed E-state index contributed by atoms with van der Waals surface area (Å²) in [5.74, 6) is -2.79. The van der Waals surface area contributed by atoms with Crippen molar-refractivity contribution < 1.29 is 81.4 Å². The highest BCUT2D eigenvalue weighted by atomic mass is 16.6. The van der Waals surface area contributed by atoms with Crippen LogP contribution >= 0.6 is 0 Å². The Morgan fingerprint density at radius 3 is 1.17 bits per heavy atom. The van der Waals surface area contributed by atoms with E-state index >= 15 is 0 Å². The number of carbonyl (C=O) groups excluding carboxylic acids is 1. The van der Waals surface area contributed by atoms with Gasteiger partial charge in [0, 0.05) is 25.7 Å². The molecule has 0 aliphatic carbocycles. The molecule has 0 saturated heterocycles. The number of benzene rings is 1. The number of methoxy groups -OCH3 is 1. The maximum atomic E-state index is 11.7. The molecule has 0 aliphatic heterocycles. The Morgan fingerprint density at radius 2 is 0.852 bits per heavy atom. The van der Waals surface area contributed by atoms with Gasteiger partial charge >= 0.3 is 11.9 Å². The van der Waals surface area contributed by atoms with Crippen molar-refractivity contribution in [1.29, 1.82) is 0 Å². The molecule has 3 N–H and O–H groups in total. The Labute approximate surface area is 317 Å². The van der Waals surface area contributed by atoms with Gasteiger partial charge in [-0.1, -0.05) is 12.1 Å². The Kier molecular flexibility index (Phi) is 33.1. The lowest BCUT2D eigenvalue weighted by Crippen LogP contribution is -2.41. The molecule has 0 fully saturated rings. The molecule has 0 aromatic heterocycles. The normalized spacial score (nSPS) is 11.9. The zero-order chi connectivity index (χ0) is 39.2. The maximum Gasteiger partial charge on any atom is 0.328 e. The van der Waals surface area contributed by atoms with Gasteiger partial charge in [0.25, 0.3) is 0 Å². The van der Waals surface area contributed by atoms with Gasteiger partial charge in [-0.05, 0) is 17.7 Å². The van der Waals surface area contributed by atoms with Crippen LogP contribution in [-0.4, -0.2) is 187 Å². The fraction of sp³-hybridized carbons (Fsp3) is 0.694. The van der Waals surface area contributed by atoms with Crippen molar-refractivity contribution in [3.8, 4) is 5.75 Å². The highest BCUT2D eigenvalue weighted by Gasteiger charge is 2.19. The second-order valence-corrected chi connectivity index (χ2v) is 10.9. The van der Waals surface area contributed by atoms with Crippen molar-refractivity contribution in [2.45, 2.75) is 12.5 Å². The number of hydrogen-bond acceptors (Lipinski definition) is 15. The predicted octanol–water partition coefficient (Wildman–Crippen LogP) is 0.631. The number of rotatable bonds is 40. The number of nitrogens with one attached hydrogen (secondary N) is 1. The molecule has 0 aliphatic rings. The van der Waals surface area contributed by atoms with E-state index in [4.69, 9.17) is 61.9 Å². The van der Waals surface area contributed by atoms with E-state index in [2.05, 4.69) is 5.32 Å². The van der Waals surface area contributed by atoms with Crippen LogP contribution < -0.4 is 10.1 Å². The second kappa shape index (κ2) is 36.7. The molecule has 310 valence electrons. The summed E-state index contributed by atoms with van der Waals surface area (Å²) >= 11 is 0. The molecule has 18 heteroatoms. The highest BCUT2D eigenvalue weighted by Crippen LogP contribution is 2.14. The summed E-state index contributed by atoms with van der Waals surface area (Å²) in [5, 5.41) is 20.2. The lowest BCUT2D eigenvalue weighted by atomic mass is 10.1. The third-order valence-corrected chi connectivity index (χ3v) is 6.63. The molecule has 1 atom stereocenters. The minimum Gasteiger partial charge on any atom is -0.491 e. The van der Waals surface area contributed by atoms with E-state index in [0.29, 0.717) is 163 Å².